The van der Waals surface area contributed by atoms with E-state index in [1.54, 1.807) is 30.0 Å². The molecule has 0 fully saturated rings. The van der Waals surface area contributed by atoms with Gasteiger partial charge in [-0.2, -0.15) is 0 Å². The molecule has 6 nitrogen and oxygen atoms in total. The van der Waals surface area contributed by atoms with Crippen LogP contribution in [0.2, 0.25) is 0 Å². The average Bonchev–Trinajstić information content (AvgIpc) is 3.01. The Morgan fingerprint density at radius 2 is 2.26 bits per heavy atom. The van der Waals surface area contributed by atoms with Gasteiger partial charge in [-0.05, 0) is 45.8 Å². The third-order valence-corrected chi connectivity index (χ3v) is 3.57. The van der Waals surface area contributed by atoms with Gasteiger partial charge in [0.2, 0.25) is 5.91 Å². The van der Waals surface area contributed by atoms with Gasteiger partial charge in [0.25, 0.3) is 0 Å². The van der Waals surface area contributed by atoms with Gasteiger partial charge in [0.15, 0.2) is 5.65 Å². The van der Waals surface area contributed by atoms with Crippen molar-refractivity contribution in [3.8, 4) is 5.75 Å². The molecule has 0 aliphatic heterocycles. The Hall–Kier alpha value is -2.67. The summed E-state index contributed by atoms with van der Waals surface area (Å²) in [5.41, 5.74) is 2.04. The molecule has 0 atom stereocenters. The number of ether oxygens (including phenoxy) is 1. The molecule has 3 rings (SSSR count). The van der Waals surface area contributed by atoms with Crippen molar-refractivity contribution in [2.24, 2.45) is 0 Å². The highest BCUT2D eigenvalue weighted by Gasteiger charge is 2.07. The summed E-state index contributed by atoms with van der Waals surface area (Å²) in [6, 6.07) is 9.23. The molecule has 3 aromatic rings. The van der Waals surface area contributed by atoms with Gasteiger partial charge in [-0.25, -0.2) is 0 Å². The number of nitrogens with zero attached hydrogens (tertiary/aromatic N) is 3. The molecule has 2 aromatic heterocycles. The molecule has 0 spiro atoms. The van der Waals surface area contributed by atoms with E-state index in [0.29, 0.717) is 11.3 Å². The second-order valence-corrected chi connectivity index (χ2v) is 5.65. The molecule has 1 N–H and O–H groups in total. The maximum Gasteiger partial charge on any atom is 0.248 e. The zero-order chi connectivity index (χ0) is 16.2. The van der Waals surface area contributed by atoms with Crippen LogP contribution in [0.15, 0.2) is 53.4 Å². The summed E-state index contributed by atoms with van der Waals surface area (Å²) >= 11 is 3.39. The molecule has 0 aliphatic rings. The van der Waals surface area contributed by atoms with Crippen molar-refractivity contribution in [1.29, 1.82) is 0 Å². The third-order valence-electron chi connectivity index (χ3n) is 3.14. The van der Waals surface area contributed by atoms with Crippen molar-refractivity contribution >= 4 is 39.2 Å². The van der Waals surface area contributed by atoms with Crippen LogP contribution < -0.4 is 10.1 Å². The number of pyridine rings is 1. The van der Waals surface area contributed by atoms with E-state index in [1.807, 2.05) is 30.5 Å². The highest BCUT2D eigenvalue weighted by Crippen LogP contribution is 2.21. The number of amides is 1. The molecule has 1 aromatic carbocycles. The number of anilines is 1. The number of hydrogen-bond donors (Lipinski definition) is 1. The van der Waals surface area contributed by atoms with Gasteiger partial charge >= 0.3 is 0 Å². The molecular formula is C16H13BrN4O2. The number of rotatable bonds is 4. The number of halogens is 1. The van der Waals surface area contributed by atoms with E-state index in [4.69, 9.17) is 4.74 Å². The van der Waals surface area contributed by atoms with Crippen molar-refractivity contribution in [2.75, 3.05) is 12.4 Å². The first-order chi connectivity index (χ1) is 11.2. The zero-order valence-electron chi connectivity index (χ0n) is 12.2. The summed E-state index contributed by atoms with van der Waals surface area (Å²) in [5.74, 6) is 0.487. The quantitative estimate of drug-likeness (QED) is 0.714. The summed E-state index contributed by atoms with van der Waals surface area (Å²) in [6.45, 7) is 0. The molecule has 0 unspecified atom stereocenters. The lowest BCUT2D eigenvalue weighted by Crippen LogP contribution is -2.09. The molecule has 0 saturated carbocycles. The Morgan fingerprint density at radius 1 is 1.39 bits per heavy atom. The van der Waals surface area contributed by atoms with E-state index in [9.17, 15) is 4.79 Å². The smallest absolute Gasteiger partial charge is 0.248 e. The lowest BCUT2D eigenvalue weighted by atomic mass is 10.2. The van der Waals surface area contributed by atoms with E-state index in [-0.39, 0.29) is 5.91 Å². The average molecular weight is 373 g/mol. The van der Waals surface area contributed by atoms with Crippen LogP contribution in [-0.2, 0) is 4.79 Å². The van der Waals surface area contributed by atoms with E-state index in [2.05, 4.69) is 31.4 Å². The van der Waals surface area contributed by atoms with Gasteiger partial charge in [-0.3, -0.25) is 9.20 Å². The Labute approximate surface area is 140 Å². The Balaban J connectivity index is 1.78. The minimum absolute atomic E-state index is 0.254. The fourth-order valence-electron chi connectivity index (χ4n) is 2.09. The Morgan fingerprint density at radius 3 is 3.09 bits per heavy atom. The second kappa shape index (κ2) is 6.62. The molecule has 23 heavy (non-hydrogen) atoms. The predicted octanol–water partition coefficient (Wildman–Crippen LogP) is 3.15. The summed E-state index contributed by atoms with van der Waals surface area (Å²) in [6.07, 6.45) is 6.57. The van der Waals surface area contributed by atoms with Crippen LogP contribution >= 0.6 is 15.9 Å². The number of benzene rings is 1. The molecular weight excluding hydrogens is 360 g/mol. The molecule has 7 heteroatoms. The number of carbonyl (C=O) groups excluding carboxylic acids is 1. The fraction of sp³-hybridized carbons (Fsp3) is 0.0625. The van der Waals surface area contributed by atoms with Gasteiger partial charge in [0, 0.05) is 16.7 Å². The number of nitrogens with one attached hydrogen (secondary N) is 1. The van der Waals surface area contributed by atoms with Crippen LogP contribution in [0.4, 0.5) is 5.69 Å². The van der Waals surface area contributed by atoms with Crippen LogP contribution in [0.1, 0.15) is 5.56 Å². The van der Waals surface area contributed by atoms with Gasteiger partial charge in [-0.1, -0.05) is 12.1 Å². The van der Waals surface area contributed by atoms with Crippen molar-refractivity contribution < 1.29 is 9.53 Å². The second-order valence-electron chi connectivity index (χ2n) is 4.73. The normalized spacial score (nSPS) is 11.0. The number of carbonyl (C=O) groups is 1. The monoisotopic (exact) mass is 372 g/mol. The molecule has 1 amide bonds. The highest BCUT2D eigenvalue weighted by atomic mass is 79.9. The minimum Gasteiger partial charge on any atom is -0.497 e. The summed E-state index contributed by atoms with van der Waals surface area (Å²) in [5, 5.41) is 10.6. The number of hydrogen-bond acceptors (Lipinski definition) is 4. The SMILES string of the molecule is COc1cccc(/C=C/C(=O)Nc2cc(Br)cn3cnnc23)c1. The van der Waals surface area contributed by atoms with E-state index < -0.39 is 0 Å². The van der Waals surface area contributed by atoms with Crippen molar-refractivity contribution in [3.63, 3.8) is 0 Å². The van der Waals surface area contributed by atoms with Gasteiger partial charge in [0.05, 0.1) is 12.8 Å². The largest absolute Gasteiger partial charge is 0.497 e. The zero-order valence-corrected chi connectivity index (χ0v) is 13.8. The maximum atomic E-state index is 12.1. The third kappa shape index (κ3) is 3.57. The lowest BCUT2D eigenvalue weighted by Gasteiger charge is -2.05. The van der Waals surface area contributed by atoms with Crippen molar-refractivity contribution in [1.82, 2.24) is 14.6 Å². The van der Waals surface area contributed by atoms with E-state index in [1.165, 1.54) is 6.08 Å². The molecule has 116 valence electrons. The van der Waals surface area contributed by atoms with Crippen molar-refractivity contribution in [3.05, 3.63) is 59.0 Å². The van der Waals surface area contributed by atoms with Crippen LogP contribution in [0, 0.1) is 0 Å². The van der Waals surface area contributed by atoms with Gasteiger partial charge in [-0.15, -0.1) is 10.2 Å². The van der Waals surface area contributed by atoms with Crippen LogP contribution in [0.25, 0.3) is 11.7 Å². The lowest BCUT2D eigenvalue weighted by molar-refractivity contribution is -0.111. The van der Waals surface area contributed by atoms with Gasteiger partial charge in [0.1, 0.15) is 12.1 Å². The molecule has 0 bridgehead atoms. The van der Waals surface area contributed by atoms with Crippen LogP contribution in [0.5, 0.6) is 5.75 Å². The molecule has 0 aliphatic carbocycles. The minimum atomic E-state index is -0.254. The molecule has 2 heterocycles. The molecule has 0 saturated heterocycles. The topological polar surface area (TPSA) is 68.5 Å². The standard InChI is InChI=1S/C16H13BrN4O2/c1-23-13-4-2-3-11(7-13)5-6-15(22)19-14-8-12(17)9-21-10-18-20-16(14)21/h2-10H,1H3,(H,19,22)/b6-5+. The first-order valence-corrected chi connectivity index (χ1v) is 7.57. The van der Waals surface area contributed by atoms with Crippen molar-refractivity contribution in [2.45, 2.75) is 0 Å². The number of methoxy groups -OCH3 is 1. The number of aromatic nitrogens is 3. The maximum absolute atomic E-state index is 12.1. The van der Waals surface area contributed by atoms with E-state index in [0.717, 1.165) is 15.8 Å². The summed E-state index contributed by atoms with van der Waals surface area (Å²) in [7, 11) is 1.60. The Bertz CT molecular complexity index is 889. The van der Waals surface area contributed by atoms with Crippen LogP contribution in [0.3, 0.4) is 0 Å². The fourth-order valence-corrected chi connectivity index (χ4v) is 2.54. The first-order valence-electron chi connectivity index (χ1n) is 6.78. The summed E-state index contributed by atoms with van der Waals surface area (Å²) in [4.78, 5) is 12.1. The summed E-state index contributed by atoms with van der Waals surface area (Å²) < 4.78 is 7.70. The number of fused-ring (bicyclic) bond motifs is 1. The Kier molecular flexibility index (Phi) is 4.38. The van der Waals surface area contributed by atoms with Gasteiger partial charge < -0.3 is 10.1 Å². The first kappa shape index (κ1) is 15.2. The molecule has 0 radical (unpaired) electrons. The highest BCUT2D eigenvalue weighted by molar-refractivity contribution is 9.10. The van der Waals surface area contributed by atoms with E-state index >= 15 is 0 Å². The predicted molar refractivity (Wildman–Crippen MR) is 91.3 cm³/mol. The van der Waals surface area contributed by atoms with Crippen LogP contribution in [-0.4, -0.2) is 27.6 Å².